The summed E-state index contributed by atoms with van der Waals surface area (Å²) in [6.07, 6.45) is -1.07. The van der Waals surface area contributed by atoms with Gasteiger partial charge in [-0.2, -0.15) is 0 Å². The molecule has 0 aliphatic carbocycles. The topological polar surface area (TPSA) is 87.0 Å². The van der Waals surface area contributed by atoms with Gasteiger partial charge in [0.2, 0.25) is 0 Å². The van der Waals surface area contributed by atoms with E-state index in [1.807, 2.05) is 12.1 Å². The Labute approximate surface area is 169 Å². The highest BCUT2D eigenvalue weighted by molar-refractivity contribution is 7.90. The first-order chi connectivity index (χ1) is 13.8. The monoisotopic (exact) mass is 417 g/mol. The van der Waals surface area contributed by atoms with E-state index in [9.17, 15) is 13.5 Å². The quantitative estimate of drug-likeness (QED) is 0.686. The fourth-order valence-electron chi connectivity index (χ4n) is 3.86. The van der Waals surface area contributed by atoms with Crippen LogP contribution in [0.3, 0.4) is 0 Å². The number of aromatic nitrogens is 1. The van der Waals surface area contributed by atoms with Gasteiger partial charge in [0.1, 0.15) is 5.75 Å². The van der Waals surface area contributed by atoms with Gasteiger partial charge in [0.25, 0.3) is 10.0 Å². The Morgan fingerprint density at radius 1 is 1.10 bits per heavy atom. The van der Waals surface area contributed by atoms with Crippen molar-refractivity contribution in [1.29, 1.82) is 0 Å². The zero-order valence-corrected chi connectivity index (χ0v) is 17.3. The number of methoxy groups -OCH3 is 1. The van der Waals surface area contributed by atoms with Crippen LogP contribution in [-0.4, -0.2) is 37.8 Å². The molecule has 8 heteroatoms. The second kappa shape index (κ2) is 7.14. The molecule has 4 rings (SSSR count). The van der Waals surface area contributed by atoms with E-state index in [-0.39, 0.29) is 10.6 Å². The van der Waals surface area contributed by atoms with Crippen LogP contribution in [0.15, 0.2) is 53.4 Å². The molecule has 1 aliphatic rings. The lowest BCUT2D eigenvalue weighted by Gasteiger charge is -2.25. The third-order valence-electron chi connectivity index (χ3n) is 5.15. The van der Waals surface area contributed by atoms with Crippen LogP contribution in [0.4, 0.5) is 0 Å². The molecule has 154 valence electrons. The van der Waals surface area contributed by atoms with Crippen LogP contribution in [0.2, 0.25) is 0 Å². The van der Waals surface area contributed by atoms with E-state index >= 15 is 0 Å². The molecular formula is C21H23NO6S. The van der Waals surface area contributed by atoms with Crippen LogP contribution in [-0.2, 0) is 25.3 Å². The summed E-state index contributed by atoms with van der Waals surface area (Å²) in [5.74, 6) is -0.593. The summed E-state index contributed by atoms with van der Waals surface area (Å²) in [5.41, 5.74) is 1.21. The SMILES string of the molecule is COc1ccc(S(=O)(=O)n2c(C(C)O)c(C3(C)OCCO3)c3ccccc32)cc1. The number of aliphatic hydroxyl groups is 1. The Balaban J connectivity index is 2.05. The minimum Gasteiger partial charge on any atom is -0.497 e. The van der Waals surface area contributed by atoms with Crippen molar-refractivity contribution in [2.45, 2.75) is 30.6 Å². The van der Waals surface area contributed by atoms with Crippen molar-refractivity contribution < 1.29 is 27.7 Å². The van der Waals surface area contributed by atoms with Crippen molar-refractivity contribution in [2.24, 2.45) is 0 Å². The largest absolute Gasteiger partial charge is 0.497 e. The standard InChI is InChI=1S/C21H23NO6S/c1-14(23)20-19(21(2)27-12-13-28-21)17-6-4-5-7-18(17)22(20)29(24,25)16-10-8-15(26-3)9-11-16/h4-11,14,23H,12-13H2,1-3H3. The summed E-state index contributed by atoms with van der Waals surface area (Å²) < 4.78 is 45.3. The number of nitrogens with zero attached hydrogens (tertiary/aromatic N) is 1. The van der Waals surface area contributed by atoms with E-state index in [4.69, 9.17) is 14.2 Å². The first-order valence-electron chi connectivity index (χ1n) is 9.29. The Morgan fingerprint density at radius 2 is 1.72 bits per heavy atom. The number of hydrogen-bond donors (Lipinski definition) is 1. The smallest absolute Gasteiger partial charge is 0.268 e. The molecule has 0 spiro atoms. The van der Waals surface area contributed by atoms with E-state index in [0.29, 0.717) is 35.4 Å². The number of benzene rings is 2. The van der Waals surface area contributed by atoms with Crippen molar-refractivity contribution in [1.82, 2.24) is 3.97 Å². The van der Waals surface area contributed by atoms with Gasteiger partial charge < -0.3 is 19.3 Å². The third kappa shape index (κ3) is 3.12. The average molecular weight is 417 g/mol. The maximum atomic E-state index is 13.6. The molecule has 2 aromatic carbocycles. The number of rotatable bonds is 5. The molecule has 0 saturated carbocycles. The molecule has 0 amide bonds. The minimum absolute atomic E-state index is 0.0888. The average Bonchev–Trinajstić information content (AvgIpc) is 3.30. The van der Waals surface area contributed by atoms with Gasteiger partial charge in [0.15, 0.2) is 5.79 Å². The molecule has 1 aromatic heterocycles. The van der Waals surface area contributed by atoms with E-state index in [0.717, 1.165) is 0 Å². The predicted octanol–water partition coefficient (Wildman–Crippen LogP) is 3.16. The van der Waals surface area contributed by atoms with Gasteiger partial charge in [-0.25, -0.2) is 12.4 Å². The molecule has 3 aromatic rings. The van der Waals surface area contributed by atoms with E-state index in [1.54, 1.807) is 31.2 Å². The minimum atomic E-state index is -4.01. The summed E-state index contributed by atoms with van der Waals surface area (Å²) in [6.45, 7) is 4.06. The van der Waals surface area contributed by atoms with Gasteiger partial charge in [-0.1, -0.05) is 18.2 Å². The maximum Gasteiger partial charge on any atom is 0.268 e. The van der Waals surface area contributed by atoms with Crippen LogP contribution >= 0.6 is 0 Å². The van der Waals surface area contributed by atoms with Gasteiger partial charge in [-0.15, -0.1) is 0 Å². The number of aliphatic hydroxyl groups excluding tert-OH is 1. The van der Waals surface area contributed by atoms with Crippen molar-refractivity contribution in [2.75, 3.05) is 20.3 Å². The predicted molar refractivity (Wildman–Crippen MR) is 107 cm³/mol. The Kier molecular flexibility index (Phi) is 4.90. The molecule has 7 nitrogen and oxygen atoms in total. The summed E-state index contributed by atoms with van der Waals surface area (Å²) in [5, 5.41) is 11.3. The van der Waals surface area contributed by atoms with E-state index in [2.05, 4.69) is 0 Å². The van der Waals surface area contributed by atoms with E-state index in [1.165, 1.54) is 30.1 Å². The van der Waals surface area contributed by atoms with Gasteiger partial charge in [-0.3, -0.25) is 0 Å². The first-order valence-corrected chi connectivity index (χ1v) is 10.7. The zero-order valence-electron chi connectivity index (χ0n) is 16.5. The van der Waals surface area contributed by atoms with Gasteiger partial charge in [0, 0.05) is 10.9 Å². The number of para-hydroxylation sites is 1. The maximum absolute atomic E-state index is 13.6. The second-order valence-corrected chi connectivity index (χ2v) is 8.83. The lowest BCUT2D eigenvalue weighted by Crippen LogP contribution is -2.26. The molecule has 0 bridgehead atoms. The molecule has 0 radical (unpaired) electrons. The fraction of sp³-hybridized carbons (Fsp3) is 0.333. The summed E-state index contributed by atoms with van der Waals surface area (Å²) in [7, 11) is -2.49. The molecule has 1 N–H and O–H groups in total. The summed E-state index contributed by atoms with van der Waals surface area (Å²) in [6, 6.07) is 13.3. The van der Waals surface area contributed by atoms with Crippen molar-refractivity contribution in [3.63, 3.8) is 0 Å². The number of ether oxygens (including phenoxy) is 3. The first kappa shape index (κ1) is 19.9. The van der Waals surface area contributed by atoms with Gasteiger partial charge >= 0.3 is 0 Å². The lowest BCUT2D eigenvalue weighted by atomic mass is 10.0. The molecule has 1 unspecified atom stereocenters. The Bertz CT molecular complexity index is 1140. The van der Waals surface area contributed by atoms with Crippen LogP contribution < -0.4 is 4.74 Å². The second-order valence-electron chi connectivity index (χ2n) is 7.04. The van der Waals surface area contributed by atoms with Crippen molar-refractivity contribution in [3.8, 4) is 5.75 Å². The third-order valence-corrected chi connectivity index (χ3v) is 6.89. The lowest BCUT2D eigenvalue weighted by molar-refractivity contribution is -0.149. The van der Waals surface area contributed by atoms with E-state index < -0.39 is 21.9 Å². The Morgan fingerprint density at radius 3 is 2.31 bits per heavy atom. The van der Waals surface area contributed by atoms with Crippen molar-refractivity contribution >= 4 is 20.9 Å². The Hall–Kier alpha value is -2.39. The van der Waals surface area contributed by atoms with Crippen LogP contribution in [0.1, 0.15) is 31.2 Å². The molecule has 1 fully saturated rings. The highest BCUT2D eigenvalue weighted by Crippen LogP contribution is 2.43. The summed E-state index contributed by atoms with van der Waals surface area (Å²) >= 11 is 0. The number of fused-ring (bicyclic) bond motifs is 1. The van der Waals surface area contributed by atoms with Crippen LogP contribution in [0.5, 0.6) is 5.75 Å². The molecule has 1 atom stereocenters. The molecule has 29 heavy (non-hydrogen) atoms. The highest BCUT2D eigenvalue weighted by atomic mass is 32.2. The van der Waals surface area contributed by atoms with Crippen LogP contribution in [0, 0.1) is 0 Å². The van der Waals surface area contributed by atoms with Crippen molar-refractivity contribution in [3.05, 3.63) is 59.8 Å². The van der Waals surface area contributed by atoms with Gasteiger partial charge in [0.05, 0.1) is 42.5 Å². The normalized spacial score (nSPS) is 17.5. The van der Waals surface area contributed by atoms with Gasteiger partial charge in [-0.05, 0) is 44.2 Å². The molecule has 2 heterocycles. The molecule has 1 aliphatic heterocycles. The highest BCUT2D eigenvalue weighted by Gasteiger charge is 2.42. The fourth-order valence-corrected chi connectivity index (χ4v) is 5.47. The number of hydrogen-bond acceptors (Lipinski definition) is 6. The summed E-state index contributed by atoms with van der Waals surface area (Å²) in [4.78, 5) is 0.0888. The molecular weight excluding hydrogens is 394 g/mol. The van der Waals surface area contributed by atoms with Crippen LogP contribution in [0.25, 0.3) is 10.9 Å². The molecule has 1 saturated heterocycles. The zero-order chi connectivity index (χ0) is 20.8.